The van der Waals surface area contributed by atoms with Crippen LogP contribution in [0, 0.1) is 0 Å². The first-order valence-electron chi connectivity index (χ1n) is 19.4. The molecule has 5 N–H and O–H groups in total. The number of alkyl carbamates (subject to hydrolysis) is 1. The lowest BCUT2D eigenvalue weighted by molar-refractivity contribution is -0.135. The number of methoxy groups -OCH3 is 1. The molecule has 56 heavy (non-hydrogen) atoms. The molecule has 2 aromatic heterocycles. The van der Waals surface area contributed by atoms with E-state index in [1.807, 2.05) is 37.1 Å². The number of hydrogen-bond acceptors (Lipinski definition) is 7. The summed E-state index contributed by atoms with van der Waals surface area (Å²) in [6, 6.07) is 14.6. The maximum atomic E-state index is 13.9. The zero-order valence-electron chi connectivity index (χ0n) is 33.2. The highest BCUT2D eigenvalue weighted by atomic mass is 32.3. The highest BCUT2D eigenvalue weighted by Crippen LogP contribution is 2.67. The molecule has 4 aromatic rings. The third-order valence-corrected chi connectivity index (χ3v) is 13.8. The number of carbonyl (C=O) groups excluding carboxylic acids is 3. The van der Waals surface area contributed by atoms with Crippen LogP contribution >= 0.6 is 9.16 Å². The van der Waals surface area contributed by atoms with Gasteiger partial charge in [-0.1, -0.05) is 75.2 Å². The Morgan fingerprint density at radius 1 is 0.786 bits per heavy atom. The highest BCUT2D eigenvalue weighted by molar-refractivity contribution is 8.48. The van der Waals surface area contributed by atoms with Gasteiger partial charge in [0, 0.05) is 12.4 Å². The number of aromatic nitrogens is 4. The average molecular weight is 789 g/mol. The molecular weight excluding hydrogens is 733 g/mol. The number of hydrogen-bond donors (Lipinski definition) is 6. The molecule has 0 spiro atoms. The summed E-state index contributed by atoms with van der Waals surface area (Å²) in [5.41, 5.74) is 5.74. The lowest BCUT2D eigenvalue weighted by Crippen LogP contribution is -2.48. The van der Waals surface area contributed by atoms with Gasteiger partial charge in [0.2, 0.25) is 11.8 Å². The van der Waals surface area contributed by atoms with Gasteiger partial charge in [-0.3, -0.25) is 18.8 Å². The molecular formula is C41H56N8O6S. The van der Waals surface area contributed by atoms with Crippen molar-refractivity contribution in [3.8, 4) is 33.6 Å². The van der Waals surface area contributed by atoms with Crippen molar-refractivity contribution < 1.29 is 29.0 Å². The molecule has 2 aliphatic heterocycles. The number of aromatic amines is 2. The molecule has 14 nitrogen and oxygen atoms in total. The molecule has 0 aliphatic carbocycles. The maximum Gasteiger partial charge on any atom is 0.407 e. The number of nitrogens with zero attached hydrogens (tertiary/aromatic N) is 4. The van der Waals surface area contributed by atoms with Gasteiger partial charge in [0.15, 0.2) is 0 Å². The quantitative estimate of drug-likeness (QED) is 0.0823. The van der Waals surface area contributed by atoms with Crippen LogP contribution in [0.3, 0.4) is 0 Å². The van der Waals surface area contributed by atoms with Crippen molar-refractivity contribution >= 4 is 33.2 Å². The number of H-pyrrole nitrogens is 2. The molecule has 0 saturated carbocycles. The highest BCUT2D eigenvalue weighted by Gasteiger charge is 2.47. The summed E-state index contributed by atoms with van der Waals surface area (Å²) in [5.74, 6) is 2.60. The molecule has 0 bridgehead atoms. The molecule has 302 valence electrons. The fraction of sp³-hybridized carbons (Fsp3) is 0.463. The molecule has 2 aliphatic rings. The zero-order chi connectivity index (χ0) is 40.2. The second-order valence-corrected chi connectivity index (χ2v) is 24.2. The maximum absolute atomic E-state index is 13.9. The molecule has 4 heterocycles. The van der Waals surface area contributed by atoms with Crippen LogP contribution in [0.4, 0.5) is 9.59 Å². The normalized spacial score (nSPS) is 20.4. The van der Waals surface area contributed by atoms with Crippen molar-refractivity contribution in [2.75, 3.05) is 44.1 Å². The van der Waals surface area contributed by atoms with E-state index in [1.54, 1.807) is 11.1 Å². The Balaban J connectivity index is 1.14. The Bertz CT molecular complexity index is 2040. The van der Waals surface area contributed by atoms with E-state index < -0.39 is 33.4 Å². The largest absolute Gasteiger partial charge is 0.465 e. The summed E-state index contributed by atoms with van der Waals surface area (Å²) >= 11 is 0. The number of likely N-dealkylation sites (tertiary alicyclic amines) is 1. The van der Waals surface area contributed by atoms with Crippen LogP contribution in [0.1, 0.15) is 76.1 Å². The molecule has 2 aromatic carbocycles. The van der Waals surface area contributed by atoms with Gasteiger partial charge in [0.25, 0.3) is 0 Å². The van der Waals surface area contributed by atoms with Crippen molar-refractivity contribution in [3.63, 3.8) is 0 Å². The zero-order valence-corrected chi connectivity index (χ0v) is 34.1. The first kappa shape index (κ1) is 40.4. The van der Waals surface area contributed by atoms with E-state index in [0.29, 0.717) is 37.5 Å². The Hall–Kier alpha value is -5.31. The number of amides is 4. The summed E-state index contributed by atoms with van der Waals surface area (Å²) in [7, 11) is -0.912. The van der Waals surface area contributed by atoms with Crippen molar-refractivity contribution in [1.82, 2.24) is 40.4 Å². The second kappa shape index (κ2) is 16.4. The predicted octanol–water partition coefficient (Wildman–Crippen LogP) is 6.56. The number of rotatable bonds is 13. The number of nitrogens with one attached hydrogen (secondary N) is 4. The molecule has 4 amide bonds. The van der Waals surface area contributed by atoms with Crippen LogP contribution in [0.5, 0.6) is 0 Å². The summed E-state index contributed by atoms with van der Waals surface area (Å²) < 4.78 is 4.81. The lowest BCUT2D eigenvalue weighted by Gasteiger charge is -2.46. The summed E-state index contributed by atoms with van der Waals surface area (Å²) in [6.07, 6.45) is 12.6. The van der Waals surface area contributed by atoms with E-state index >= 15 is 0 Å². The van der Waals surface area contributed by atoms with Gasteiger partial charge in [-0.15, -0.1) is 0 Å². The Kier molecular flexibility index (Phi) is 11.8. The van der Waals surface area contributed by atoms with Crippen molar-refractivity contribution in [2.24, 2.45) is 0 Å². The number of benzene rings is 2. The van der Waals surface area contributed by atoms with Gasteiger partial charge in [0.1, 0.15) is 23.7 Å². The molecule has 15 heteroatoms. The average Bonchev–Trinajstić information content (AvgIpc) is 4.00. The van der Waals surface area contributed by atoms with Crippen molar-refractivity contribution in [3.05, 3.63) is 72.6 Å². The van der Waals surface area contributed by atoms with Crippen molar-refractivity contribution in [2.45, 2.75) is 76.5 Å². The summed E-state index contributed by atoms with van der Waals surface area (Å²) in [6.45, 7) is 4.48. The minimum atomic E-state index is -2.21. The fourth-order valence-corrected chi connectivity index (χ4v) is 11.3. The summed E-state index contributed by atoms with van der Waals surface area (Å²) in [5, 5.41) is 14.4. The SMILES string of the molecule is CCC[C@H](NC(=O)O)C(=O)N1CCC[C@H]1c1ncc(-c2ccc(-c3ccc(-c4cnc([C@@H]5C[SH](C)(C)(C)CN5C(=O)[C@H](CCC)NC(=O)OC)[nH]4)cc3)cc2)[nH]1. The number of imidazole rings is 2. The van der Waals surface area contributed by atoms with Crippen LogP contribution < -0.4 is 10.6 Å². The Labute approximate surface area is 328 Å². The molecule has 0 unspecified atom stereocenters. The topological polar surface area (TPSA) is 186 Å². The van der Waals surface area contributed by atoms with Gasteiger partial charge >= 0.3 is 12.2 Å². The third kappa shape index (κ3) is 9.04. The third-order valence-electron chi connectivity index (χ3n) is 10.8. The number of carboxylic acid groups (broad SMARTS) is 1. The molecule has 2 saturated heterocycles. The minimum absolute atomic E-state index is 0.110. The second-order valence-electron chi connectivity index (χ2n) is 16.6. The Morgan fingerprint density at radius 3 is 1.77 bits per heavy atom. The molecule has 2 fully saturated rings. The van der Waals surface area contributed by atoms with Gasteiger partial charge < -0.3 is 40.2 Å². The van der Waals surface area contributed by atoms with Crippen LogP contribution in [0.15, 0.2) is 60.9 Å². The Morgan fingerprint density at radius 2 is 1.27 bits per heavy atom. The van der Waals surface area contributed by atoms with Gasteiger partial charge in [0.05, 0.1) is 43.0 Å². The van der Waals surface area contributed by atoms with Gasteiger partial charge in [-0.05, 0) is 72.5 Å². The number of ether oxygens (including phenoxy) is 1. The molecule has 6 rings (SSSR count). The first-order valence-corrected chi connectivity index (χ1v) is 23.4. The van der Waals surface area contributed by atoms with Gasteiger partial charge in [-0.2, -0.15) is 0 Å². The summed E-state index contributed by atoms with van der Waals surface area (Å²) in [4.78, 5) is 70.7. The van der Waals surface area contributed by atoms with E-state index in [4.69, 9.17) is 9.72 Å². The van der Waals surface area contributed by atoms with E-state index in [1.165, 1.54) is 7.11 Å². The number of carbonyl (C=O) groups is 4. The smallest absolute Gasteiger partial charge is 0.407 e. The van der Waals surface area contributed by atoms with E-state index in [9.17, 15) is 24.3 Å². The van der Waals surface area contributed by atoms with E-state index in [0.717, 1.165) is 64.5 Å². The van der Waals surface area contributed by atoms with Gasteiger partial charge in [-0.25, -0.2) is 19.6 Å². The van der Waals surface area contributed by atoms with Crippen molar-refractivity contribution in [1.29, 1.82) is 0 Å². The monoisotopic (exact) mass is 788 g/mol. The standard InChI is InChI=1S/C41H56N8O6S/c1-7-10-30(46-40(52)53)38(50)48-21-9-12-34(48)36-42-22-32(44-36)28-17-13-26(14-18-28)27-15-19-29(20-16-27)33-23-43-37(45-33)35-24-56(4,5,6)25-49(35)39(51)31(11-8-2)47-41(54)55-3/h13-20,22-23,30-31,34-35,46,56H,7-12,21,24-25H2,1-6H3,(H,42,44)(H,43,45)(H,47,54)(H,52,53)/t30-,31-,34-,35-/m0/s1. The minimum Gasteiger partial charge on any atom is -0.465 e. The molecule has 0 radical (unpaired) electrons. The van der Waals surface area contributed by atoms with Crippen LogP contribution in [0.25, 0.3) is 33.6 Å². The van der Waals surface area contributed by atoms with Crippen LogP contribution in [-0.2, 0) is 14.3 Å². The van der Waals surface area contributed by atoms with Crippen LogP contribution in [-0.4, -0.2) is 115 Å². The first-order chi connectivity index (χ1) is 26.7. The number of thiol groups is 1. The van der Waals surface area contributed by atoms with E-state index in [2.05, 4.69) is 80.8 Å². The van der Waals surface area contributed by atoms with Crippen LogP contribution in [0.2, 0.25) is 0 Å². The lowest BCUT2D eigenvalue weighted by atomic mass is 10.0. The molecule has 4 atom stereocenters. The van der Waals surface area contributed by atoms with E-state index in [-0.39, 0.29) is 23.9 Å². The fourth-order valence-electron chi connectivity index (χ4n) is 8.07. The predicted molar refractivity (Wildman–Crippen MR) is 221 cm³/mol.